The number of aromatic nitrogens is 1. The van der Waals surface area contributed by atoms with Crippen LogP contribution >= 0.6 is 0 Å². The summed E-state index contributed by atoms with van der Waals surface area (Å²) in [6.07, 6.45) is 0.205. The van der Waals surface area contributed by atoms with Gasteiger partial charge in [-0.3, -0.25) is 4.79 Å². The van der Waals surface area contributed by atoms with Crippen molar-refractivity contribution >= 4 is 28.4 Å². The standard InChI is InChI=1S/C25H19NO4/c1-28-18-13-11-16(12-14-18)19-15-22(27)30-24(17-7-3-2-4-8-17)23(19)25-26-20-9-5-6-10-21(20)29-25/h2-14,19H,15H2,1H3/t19-/m1/s1. The lowest BCUT2D eigenvalue weighted by atomic mass is 9.84. The summed E-state index contributed by atoms with van der Waals surface area (Å²) in [7, 11) is 1.63. The van der Waals surface area contributed by atoms with Crippen LogP contribution in [-0.2, 0) is 9.53 Å². The predicted molar refractivity (Wildman–Crippen MR) is 114 cm³/mol. The molecule has 0 saturated heterocycles. The number of hydrogen-bond donors (Lipinski definition) is 0. The van der Waals surface area contributed by atoms with Gasteiger partial charge in [0.1, 0.15) is 17.0 Å². The zero-order valence-electron chi connectivity index (χ0n) is 16.4. The van der Waals surface area contributed by atoms with Crippen LogP contribution in [0, 0.1) is 0 Å². The van der Waals surface area contributed by atoms with Crippen LogP contribution in [0.3, 0.4) is 0 Å². The summed E-state index contributed by atoms with van der Waals surface area (Å²) in [6.45, 7) is 0. The minimum atomic E-state index is -0.283. The number of para-hydroxylation sites is 2. The van der Waals surface area contributed by atoms with Gasteiger partial charge in [-0.2, -0.15) is 0 Å². The van der Waals surface area contributed by atoms with Gasteiger partial charge in [-0.25, -0.2) is 4.98 Å². The van der Waals surface area contributed by atoms with E-state index in [9.17, 15) is 4.79 Å². The second-order valence-electron chi connectivity index (χ2n) is 7.10. The van der Waals surface area contributed by atoms with Crippen LogP contribution in [0.15, 0.2) is 83.3 Å². The summed E-state index contributed by atoms with van der Waals surface area (Å²) in [5.74, 6) is 1.17. The fourth-order valence-corrected chi connectivity index (χ4v) is 3.80. The largest absolute Gasteiger partial charge is 0.497 e. The molecule has 1 aromatic heterocycles. The highest BCUT2D eigenvalue weighted by Crippen LogP contribution is 2.44. The number of cyclic esters (lactones) is 1. The van der Waals surface area contributed by atoms with Crippen LogP contribution in [0.4, 0.5) is 0 Å². The van der Waals surface area contributed by atoms with E-state index in [1.165, 1.54) is 0 Å². The van der Waals surface area contributed by atoms with Crippen molar-refractivity contribution in [2.24, 2.45) is 0 Å². The Morgan fingerprint density at radius 3 is 2.40 bits per heavy atom. The highest BCUT2D eigenvalue weighted by molar-refractivity contribution is 5.98. The number of carbonyl (C=O) groups is 1. The van der Waals surface area contributed by atoms with E-state index in [0.29, 0.717) is 17.2 Å². The van der Waals surface area contributed by atoms with Crippen molar-refractivity contribution < 1.29 is 18.7 Å². The number of rotatable bonds is 4. The highest BCUT2D eigenvalue weighted by atomic mass is 16.5. The van der Waals surface area contributed by atoms with Gasteiger partial charge in [0.05, 0.1) is 19.1 Å². The van der Waals surface area contributed by atoms with Crippen LogP contribution in [0.2, 0.25) is 0 Å². The molecule has 5 heteroatoms. The Labute approximate surface area is 173 Å². The number of carbonyl (C=O) groups excluding carboxylic acids is 1. The van der Waals surface area contributed by atoms with E-state index in [4.69, 9.17) is 18.9 Å². The monoisotopic (exact) mass is 397 g/mol. The molecule has 4 aromatic rings. The third-order valence-electron chi connectivity index (χ3n) is 5.26. The quantitative estimate of drug-likeness (QED) is 0.429. The van der Waals surface area contributed by atoms with E-state index in [1.54, 1.807) is 7.11 Å². The Bertz CT molecular complexity index is 1210. The van der Waals surface area contributed by atoms with E-state index >= 15 is 0 Å². The second-order valence-corrected chi connectivity index (χ2v) is 7.10. The predicted octanol–water partition coefficient (Wildman–Crippen LogP) is 5.44. The molecule has 0 unspecified atom stereocenters. The van der Waals surface area contributed by atoms with Gasteiger partial charge >= 0.3 is 5.97 Å². The SMILES string of the molecule is COc1ccc([C@H]2CC(=O)OC(c3ccccc3)=C2c2nc3ccccc3o2)cc1. The normalized spacial score (nSPS) is 16.6. The maximum atomic E-state index is 12.6. The summed E-state index contributed by atoms with van der Waals surface area (Å²) in [5.41, 5.74) is 4.00. The molecule has 0 saturated carbocycles. The molecule has 0 aliphatic carbocycles. The van der Waals surface area contributed by atoms with Crippen LogP contribution < -0.4 is 4.74 Å². The smallest absolute Gasteiger partial charge is 0.312 e. The lowest BCUT2D eigenvalue weighted by Crippen LogP contribution is -2.19. The van der Waals surface area contributed by atoms with E-state index in [1.807, 2.05) is 78.9 Å². The van der Waals surface area contributed by atoms with Crippen molar-refractivity contribution in [1.82, 2.24) is 4.98 Å². The van der Waals surface area contributed by atoms with Gasteiger partial charge in [0.15, 0.2) is 5.58 Å². The first-order chi connectivity index (χ1) is 14.7. The van der Waals surface area contributed by atoms with Gasteiger partial charge in [0.25, 0.3) is 0 Å². The third-order valence-corrected chi connectivity index (χ3v) is 5.26. The first kappa shape index (κ1) is 18.2. The van der Waals surface area contributed by atoms with Gasteiger partial charge in [0.2, 0.25) is 5.89 Å². The number of hydrogen-bond acceptors (Lipinski definition) is 5. The van der Waals surface area contributed by atoms with Crippen molar-refractivity contribution in [3.63, 3.8) is 0 Å². The van der Waals surface area contributed by atoms with Crippen LogP contribution in [0.5, 0.6) is 5.75 Å². The number of allylic oxidation sites excluding steroid dienone is 1. The molecule has 0 amide bonds. The van der Waals surface area contributed by atoms with Crippen LogP contribution in [0.1, 0.15) is 29.4 Å². The second kappa shape index (κ2) is 7.52. The summed E-state index contributed by atoms with van der Waals surface area (Å²) >= 11 is 0. The fraction of sp³-hybridized carbons (Fsp3) is 0.120. The molecule has 0 bridgehead atoms. The molecule has 0 N–H and O–H groups in total. The van der Waals surface area contributed by atoms with E-state index in [-0.39, 0.29) is 18.3 Å². The summed E-state index contributed by atoms with van der Waals surface area (Å²) in [5, 5.41) is 0. The molecule has 0 spiro atoms. The molecule has 3 aromatic carbocycles. The molecule has 30 heavy (non-hydrogen) atoms. The molecule has 1 atom stereocenters. The molecule has 2 heterocycles. The number of ether oxygens (including phenoxy) is 2. The van der Waals surface area contributed by atoms with Gasteiger partial charge in [-0.05, 0) is 29.8 Å². The molecule has 0 radical (unpaired) electrons. The maximum Gasteiger partial charge on any atom is 0.312 e. The number of benzene rings is 3. The average molecular weight is 397 g/mol. The van der Waals surface area contributed by atoms with Gasteiger partial charge in [-0.15, -0.1) is 0 Å². The van der Waals surface area contributed by atoms with Crippen LogP contribution in [0.25, 0.3) is 22.4 Å². The Morgan fingerprint density at radius 1 is 0.933 bits per heavy atom. The lowest BCUT2D eigenvalue weighted by molar-refractivity contribution is -0.137. The van der Waals surface area contributed by atoms with Crippen molar-refractivity contribution in [3.8, 4) is 5.75 Å². The molecular weight excluding hydrogens is 378 g/mol. The molecule has 1 aliphatic rings. The summed E-state index contributed by atoms with van der Waals surface area (Å²) in [4.78, 5) is 17.3. The van der Waals surface area contributed by atoms with Gasteiger partial charge < -0.3 is 13.9 Å². The van der Waals surface area contributed by atoms with Crippen molar-refractivity contribution in [2.45, 2.75) is 12.3 Å². The van der Waals surface area contributed by atoms with Gasteiger partial charge in [-0.1, -0.05) is 54.6 Å². The molecule has 0 fully saturated rings. The van der Waals surface area contributed by atoms with Crippen LogP contribution in [-0.4, -0.2) is 18.1 Å². The molecule has 5 rings (SSSR count). The lowest BCUT2D eigenvalue weighted by Gasteiger charge is -2.26. The number of methoxy groups -OCH3 is 1. The zero-order valence-corrected chi connectivity index (χ0v) is 16.4. The maximum absolute atomic E-state index is 12.6. The minimum Gasteiger partial charge on any atom is -0.497 e. The minimum absolute atomic E-state index is 0.205. The fourth-order valence-electron chi connectivity index (χ4n) is 3.80. The molecule has 1 aliphatic heterocycles. The molecular formula is C25H19NO4. The average Bonchev–Trinajstić information content (AvgIpc) is 3.23. The Balaban J connectivity index is 1.74. The third kappa shape index (κ3) is 3.24. The first-order valence-electron chi connectivity index (χ1n) is 9.73. The Hall–Kier alpha value is -3.86. The number of esters is 1. The van der Waals surface area contributed by atoms with E-state index < -0.39 is 0 Å². The highest BCUT2D eigenvalue weighted by Gasteiger charge is 2.35. The van der Waals surface area contributed by atoms with Gasteiger partial charge in [0, 0.05) is 11.5 Å². The first-order valence-corrected chi connectivity index (χ1v) is 9.73. The summed E-state index contributed by atoms with van der Waals surface area (Å²) < 4.78 is 17.1. The molecule has 148 valence electrons. The number of nitrogens with zero attached hydrogens (tertiary/aromatic N) is 1. The number of fused-ring (bicyclic) bond motifs is 1. The Kier molecular flexibility index (Phi) is 4.56. The van der Waals surface area contributed by atoms with Crippen molar-refractivity contribution in [3.05, 3.63) is 95.9 Å². The van der Waals surface area contributed by atoms with Crippen molar-refractivity contribution in [2.75, 3.05) is 7.11 Å². The summed E-state index contributed by atoms with van der Waals surface area (Å²) in [6, 6.07) is 24.9. The van der Waals surface area contributed by atoms with E-state index in [0.717, 1.165) is 28.0 Å². The Morgan fingerprint density at radius 2 is 1.67 bits per heavy atom. The van der Waals surface area contributed by atoms with E-state index in [2.05, 4.69) is 0 Å². The number of oxazole rings is 1. The zero-order chi connectivity index (χ0) is 20.5. The van der Waals surface area contributed by atoms with Crippen molar-refractivity contribution in [1.29, 1.82) is 0 Å². The topological polar surface area (TPSA) is 61.6 Å². The molecule has 5 nitrogen and oxygen atoms in total.